The van der Waals surface area contributed by atoms with E-state index in [2.05, 4.69) is 9.36 Å². The number of benzene rings is 1. The molecule has 0 amide bonds. The van der Waals surface area contributed by atoms with Gasteiger partial charge in [-0.2, -0.15) is 4.37 Å². The Morgan fingerprint density at radius 3 is 2.79 bits per heavy atom. The minimum Gasteiger partial charge on any atom is -0.209 e. The van der Waals surface area contributed by atoms with Crippen LogP contribution in [0.3, 0.4) is 0 Å². The maximum absolute atomic E-state index is 13.2. The number of hydrogen-bond acceptors (Lipinski definition) is 3. The molecule has 0 fully saturated rings. The Hall–Kier alpha value is -1.00. The van der Waals surface area contributed by atoms with Crippen molar-refractivity contribution in [3.63, 3.8) is 0 Å². The summed E-state index contributed by atoms with van der Waals surface area (Å²) >= 11 is 6.75. The van der Waals surface area contributed by atoms with Crippen molar-refractivity contribution in [1.82, 2.24) is 9.36 Å². The molecule has 0 saturated heterocycles. The first-order valence-electron chi connectivity index (χ1n) is 3.97. The molecule has 0 spiro atoms. The molecule has 14 heavy (non-hydrogen) atoms. The van der Waals surface area contributed by atoms with Crippen LogP contribution < -0.4 is 0 Å². The van der Waals surface area contributed by atoms with E-state index in [-0.39, 0.29) is 11.1 Å². The van der Waals surface area contributed by atoms with Crippen molar-refractivity contribution < 1.29 is 4.39 Å². The van der Waals surface area contributed by atoms with Crippen LogP contribution in [0.25, 0.3) is 0 Å². The van der Waals surface area contributed by atoms with E-state index >= 15 is 0 Å². The van der Waals surface area contributed by atoms with E-state index in [4.69, 9.17) is 11.6 Å². The van der Waals surface area contributed by atoms with Gasteiger partial charge in [-0.1, -0.05) is 18.2 Å². The Morgan fingerprint density at radius 1 is 1.36 bits per heavy atom. The largest absolute Gasteiger partial charge is 0.234 e. The Labute approximate surface area is 89.5 Å². The number of aromatic nitrogens is 2. The second-order valence-electron chi connectivity index (χ2n) is 2.73. The van der Waals surface area contributed by atoms with Crippen LogP contribution in [0.5, 0.6) is 0 Å². The fourth-order valence-electron chi connectivity index (χ4n) is 1.11. The lowest BCUT2D eigenvalue weighted by Crippen LogP contribution is -1.90. The molecule has 0 aliphatic carbocycles. The Kier molecular flexibility index (Phi) is 2.74. The Morgan fingerprint density at radius 2 is 2.14 bits per heavy atom. The van der Waals surface area contributed by atoms with Crippen molar-refractivity contribution in [2.75, 3.05) is 0 Å². The van der Waals surface area contributed by atoms with E-state index in [0.717, 1.165) is 5.01 Å². The van der Waals surface area contributed by atoms with E-state index < -0.39 is 0 Å². The summed E-state index contributed by atoms with van der Waals surface area (Å²) < 4.78 is 17.0. The summed E-state index contributed by atoms with van der Waals surface area (Å²) in [6.07, 6.45) is 0.442. The molecule has 2 aromatic rings. The monoisotopic (exact) mass is 228 g/mol. The molecule has 0 bridgehead atoms. The molecule has 72 valence electrons. The van der Waals surface area contributed by atoms with Crippen LogP contribution in [0.15, 0.2) is 24.3 Å². The first kappa shape index (κ1) is 9.55. The third kappa shape index (κ3) is 2.08. The first-order chi connectivity index (χ1) is 6.75. The Bertz CT molecular complexity index is 444. The molecule has 0 aliphatic heterocycles. The van der Waals surface area contributed by atoms with E-state index in [0.29, 0.717) is 12.0 Å². The van der Waals surface area contributed by atoms with Crippen LogP contribution in [0.1, 0.15) is 10.6 Å². The molecule has 1 aromatic carbocycles. The van der Waals surface area contributed by atoms with Crippen LogP contribution in [-0.2, 0) is 6.42 Å². The number of rotatable bonds is 2. The quantitative estimate of drug-likeness (QED) is 0.790. The Balaban J connectivity index is 2.23. The zero-order valence-electron chi connectivity index (χ0n) is 7.08. The summed E-state index contributed by atoms with van der Waals surface area (Å²) in [6, 6.07) is 6.61. The van der Waals surface area contributed by atoms with Gasteiger partial charge >= 0.3 is 0 Å². The lowest BCUT2D eigenvalue weighted by atomic mass is 10.1. The highest BCUT2D eigenvalue weighted by atomic mass is 35.5. The van der Waals surface area contributed by atoms with Crippen LogP contribution in [-0.4, -0.2) is 9.36 Å². The molecule has 5 heteroatoms. The molecule has 0 aliphatic rings. The predicted molar refractivity (Wildman–Crippen MR) is 54.1 cm³/mol. The average molecular weight is 229 g/mol. The van der Waals surface area contributed by atoms with Gasteiger partial charge in [-0.05, 0) is 34.8 Å². The van der Waals surface area contributed by atoms with Crippen molar-refractivity contribution in [1.29, 1.82) is 0 Å². The van der Waals surface area contributed by atoms with Gasteiger partial charge in [0.2, 0.25) is 5.28 Å². The lowest BCUT2D eigenvalue weighted by molar-refractivity contribution is 0.614. The maximum atomic E-state index is 13.2. The third-order valence-corrected chi connectivity index (χ3v) is 2.72. The van der Waals surface area contributed by atoms with Crippen LogP contribution >= 0.6 is 23.1 Å². The highest BCUT2D eigenvalue weighted by Crippen LogP contribution is 2.16. The van der Waals surface area contributed by atoms with Crippen molar-refractivity contribution >= 4 is 23.1 Å². The molecular formula is C9H6ClFN2S. The van der Waals surface area contributed by atoms with E-state index in [9.17, 15) is 4.39 Å². The standard InChI is InChI=1S/C9H6ClFN2S/c10-9-12-8(14-13-9)5-6-3-1-2-4-7(6)11/h1-4H,5H2. The number of halogens is 2. The van der Waals surface area contributed by atoms with E-state index in [1.807, 2.05) is 0 Å². The fourth-order valence-corrected chi connectivity index (χ4v) is 1.94. The smallest absolute Gasteiger partial charge is 0.209 e. The first-order valence-corrected chi connectivity index (χ1v) is 5.12. The van der Waals surface area contributed by atoms with Gasteiger partial charge in [0.05, 0.1) is 0 Å². The van der Waals surface area contributed by atoms with Gasteiger partial charge in [-0.3, -0.25) is 0 Å². The number of hydrogen-bond donors (Lipinski definition) is 0. The summed E-state index contributed by atoms with van der Waals surface area (Å²) in [5, 5.41) is 0.946. The molecule has 0 radical (unpaired) electrons. The molecule has 0 atom stereocenters. The molecular weight excluding hydrogens is 223 g/mol. The molecule has 1 aromatic heterocycles. The molecule has 1 heterocycles. The normalized spacial score (nSPS) is 10.4. The second-order valence-corrected chi connectivity index (χ2v) is 3.90. The summed E-state index contributed by atoms with van der Waals surface area (Å²) in [5.74, 6) is -0.223. The summed E-state index contributed by atoms with van der Waals surface area (Å²) in [4.78, 5) is 3.95. The minimum absolute atomic E-state index is 0.223. The second kappa shape index (κ2) is 4.02. The van der Waals surface area contributed by atoms with Gasteiger partial charge in [-0.25, -0.2) is 9.37 Å². The highest BCUT2D eigenvalue weighted by Gasteiger charge is 2.06. The predicted octanol–water partition coefficient (Wildman–Crippen LogP) is 2.92. The fraction of sp³-hybridized carbons (Fsp3) is 0.111. The maximum Gasteiger partial charge on any atom is 0.234 e. The third-order valence-electron chi connectivity index (χ3n) is 1.74. The van der Waals surface area contributed by atoms with E-state index in [1.54, 1.807) is 18.2 Å². The molecule has 2 rings (SSSR count). The topological polar surface area (TPSA) is 25.8 Å². The summed E-state index contributed by atoms with van der Waals surface area (Å²) in [7, 11) is 0. The van der Waals surface area contributed by atoms with Crippen molar-refractivity contribution in [2.45, 2.75) is 6.42 Å². The molecule has 0 N–H and O–H groups in total. The van der Waals surface area contributed by atoms with E-state index in [1.165, 1.54) is 17.6 Å². The van der Waals surface area contributed by atoms with Crippen LogP contribution in [0.2, 0.25) is 5.28 Å². The van der Waals surface area contributed by atoms with Crippen molar-refractivity contribution in [2.24, 2.45) is 0 Å². The van der Waals surface area contributed by atoms with Gasteiger partial charge in [0.1, 0.15) is 10.8 Å². The molecule has 0 saturated carbocycles. The van der Waals surface area contributed by atoms with Gasteiger partial charge in [-0.15, -0.1) is 0 Å². The zero-order chi connectivity index (χ0) is 9.97. The van der Waals surface area contributed by atoms with Gasteiger partial charge in [0.25, 0.3) is 0 Å². The van der Waals surface area contributed by atoms with Crippen molar-refractivity contribution in [3.05, 3.63) is 45.9 Å². The van der Waals surface area contributed by atoms with Gasteiger partial charge in [0.15, 0.2) is 0 Å². The average Bonchev–Trinajstić information content (AvgIpc) is 2.56. The van der Waals surface area contributed by atoms with Crippen LogP contribution in [0, 0.1) is 5.82 Å². The van der Waals surface area contributed by atoms with Gasteiger partial charge in [0, 0.05) is 6.42 Å². The molecule has 0 unspecified atom stereocenters. The van der Waals surface area contributed by atoms with Gasteiger partial charge < -0.3 is 0 Å². The highest BCUT2D eigenvalue weighted by molar-refractivity contribution is 7.05. The number of nitrogens with zero attached hydrogens (tertiary/aromatic N) is 2. The van der Waals surface area contributed by atoms with Crippen LogP contribution in [0.4, 0.5) is 4.39 Å². The zero-order valence-corrected chi connectivity index (χ0v) is 8.65. The van der Waals surface area contributed by atoms with Crippen molar-refractivity contribution in [3.8, 4) is 0 Å². The molecule has 2 nitrogen and oxygen atoms in total. The minimum atomic E-state index is -0.223. The summed E-state index contributed by atoms with van der Waals surface area (Å²) in [5.41, 5.74) is 0.611. The SMILES string of the molecule is Fc1ccccc1Cc1nc(Cl)ns1. The summed E-state index contributed by atoms with van der Waals surface area (Å²) in [6.45, 7) is 0. The lowest BCUT2D eigenvalue weighted by Gasteiger charge is -1.97.